The van der Waals surface area contributed by atoms with Gasteiger partial charge in [-0.3, -0.25) is 0 Å². The Morgan fingerprint density at radius 3 is 2.33 bits per heavy atom. The second kappa shape index (κ2) is 5.85. The predicted molar refractivity (Wildman–Crippen MR) is 68.3 cm³/mol. The summed E-state index contributed by atoms with van der Waals surface area (Å²) in [5.41, 5.74) is 0.768. The summed E-state index contributed by atoms with van der Waals surface area (Å²) in [6, 6.07) is 3.49. The number of hydrogen-bond donors (Lipinski definition) is 1. The van der Waals surface area contributed by atoms with Crippen molar-refractivity contribution in [2.24, 2.45) is 0 Å². The van der Waals surface area contributed by atoms with Crippen LogP contribution in [0.1, 0.15) is 5.56 Å². The summed E-state index contributed by atoms with van der Waals surface area (Å²) in [6.07, 6.45) is 0. The number of hydrogen-bond acceptors (Lipinski definition) is 4. The predicted octanol–water partition coefficient (Wildman–Crippen LogP) is 0.517. The van der Waals surface area contributed by atoms with Crippen LogP contribution in [0, 0.1) is 7.14 Å². The molecule has 0 amide bonds. The number of ether oxygens (including phenoxy) is 1. The standard InChI is InChI=1S/C9H8I2O4/c10-6-1-5(3-12)2-7(11)9(6)15-4-8(13)14/h1-2,12H,3-4H2,(H,13,14)/p-1. The molecule has 82 valence electrons. The second-order valence-corrected chi connectivity index (χ2v) is 5.03. The first kappa shape index (κ1) is 13.0. The first-order valence-corrected chi connectivity index (χ1v) is 6.11. The molecule has 0 aromatic heterocycles. The molecule has 0 saturated heterocycles. The van der Waals surface area contributed by atoms with Crippen LogP contribution >= 0.6 is 45.2 Å². The van der Waals surface area contributed by atoms with Crippen LogP contribution in [0.15, 0.2) is 12.1 Å². The van der Waals surface area contributed by atoms with E-state index in [9.17, 15) is 9.90 Å². The first-order chi connectivity index (χ1) is 7.04. The maximum atomic E-state index is 10.2. The van der Waals surface area contributed by atoms with Crippen LogP contribution in [-0.4, -0.2) is 17.7 Å². The quantitative estimate of drug-likeness (QED) is 0.704. The summed E-state index contributed by atoms with van der Waals surface area (Å²) in [7, 11) is 0. The summed E-state index contributed by atoms with van der Waals surface area (Å²) in [4.78, 5) is 10.2. The molecule has 0 fully saturated rings. The molecule has 1 N–H and O–H groups in total. The third-order valence-corrected chi connectivity index (χ3v) is 3.18. The van der Waals surface area contributed by atoms with Crippen molar-refractivity contribution in [3.8, 4) is 5.75 Å². The third-order valence-electron chi connectivity index (χ3n) is 1.58. The Hall–Kier alpha value is -0.0900. The van der Waals surface area contributed by atoms with E-state index in [-0.39, 0.29) is 6.61 Å². The minimum Gasteiger partial charge on any atom is -0.546 e. The van der Waals surface area contributed by atoms with E-state index < -0.39 is 12.6 Å². The van der Waals surface area contributed by atoms with Gasteiger partial charge in [0.25, 0.3) is 0 Å². The molecule has 0 spiro atoms. The van der Waals surface area contributed by atoms with Gasteiger partial charge in [0.2, 0.25) is 0 Å². The van der Waals surface area contributed by atoms with Crippen molar-refractivity contribution in [1.29, 1.82) is 0 Å². The van der Waals surface area contributed by atoms with Crippen molar-refractivity contribution in [2.45, 2.75) is 6.61 Å². The fourth-order valence-electron chi connectivity index (χ4n) is 0.973. The van der Waals surface area contributed by atoms with E-state index in [1.807, 2.05) is 45.2 Å². The lowest BCUT2D eigenvalue weighted by atomic mass is 10.2. The minimum atomic E-state index is -1.26. The van der Waals surface area contributed by atoms with Crippen LogP contribution in [0.25, 0.3) is 0 Å². The SMILES string of the molecule is O=C([O-])COc1c(I)cc(CO)cc1I. The van der Waals surface area contributed by atoms with Crippen molar-refractivity contribution in [3.05, 3.63) is 24.8 Å². The Morgan fingerprint density at radius 2 is 1.93 bits per heavy atom. The topological polar surface area (TPSA) is 69.6 Å². The van der Waals surface area contributed by atoms with Gasteiger partial charge in [-0.1, -0.05) is 0 Å². The Bertz CT molecular complexity index is 355. The number of carboxylic acid groups (broad SMARTS) is 1. The molecule has 0 aliphatic heterocycles. The van der Waals surface area contributed by atoms with E-state index in [0.29, 0.717) is 5.75 Å². The van der Waals surface area contributed by atoms with Crippen molar-refractivity contribution in [2.75, 3.05) is 6.61 Å². The van der Waals surface area contributed by atoms with Gasteiger partial charge in [-0.05, 0) is 62.9 Å². The highest BCUT2D eigenvalue weighted by Gasteiger charge is 2.08. The van der Waals surface area contributed by atoms with Crippen molar-refractivity contribution in [3.63, 3.8) is 0 Å². The highest BCUT2D eigenvalue weighted by Crippen LogP contribution is 2.28. The molecule has 0 saturated carbocycles. The maximum absolute atomic E-state index is 10.2. The van der Waals surface area contributed by atoms with Gasteiger partial charge in [0.1, 0.15) is 12.4 Å². The van der Waals surface area contributed by atoms with E-state index in [1.54, 1.807) is 12.1 Å². The summed E-state index contributed by atoms with van der Waals surface area (Å²) in [5, 5.41) is 19.2. The average Bonchev–Trinajstić information content (AvgIpc) is 2.15. The van der Waals surface area contributed by atoms with Gasteiger partial charge in [0.05, 0.1) is 19.7 Å². The Balaban J connectivity index is 2.92. The van der Waals surface area contributed by atoms with Crippen LogP contribution < -0.4 is 9.84 Å². The second-order valence-electron chi connectivity index (χ2n) is 2.71. The Morgan fingerprint density at radius 1 is 1.40 bits per heavy atom. The number of rotatable bonds is 4. The molecule has 1 rings (SSSR count). The maximum Gasteiger partial charge on any atom is 0.146 e. The lowest BCUT2D eigenvalue weighted by Crippen LogP contribution is -2.29. The van der Waals surface area contributed by atoms with Crippen molar-refractivity contribution >= 4 is 51.2 Å². The summed E-state index contributed by atoms with van der Waals surface area (Å²) in [6.45, 7) is -0.517. The van der Waals surface area contributed by atoms with E-state index in [0.717, 1.165) is 12.7 Å². The van der Waals surface area contributed by atoms with Gasteiger partial charge in [-0.25, -0.2) is 0 Å². The van der Waals surface area contributed by atoms with Gasteiger partial charge in [0, 0.05) is 0 Å². The minimum absolute atomic E-state index is 0.0488. The van der Waals surface area contributed by atoms with Gasteiger partial charge in [-0.15, -0.1) is 0 Å². The van der Waals surface area contributed by atoms with Gasteiger partial charge in [-0.2, -0.15) is 0 Å². The van der Waals surface area contributed by atoms with Crippen LogP contribution in [-0.2, 0) is 11.4 Å². The molecule has 0 heterocycles. The lowest BCUT2D eigenvalue weighted by molar-refractivity contribution is -0.307. The molecule has 4 nitrogen and oxygen atoms in total. The molecule has 1 aromatic carbocycles. The molecule has 6 heteroatoms. The molecule has 0 atom stereocenters. The van der Waals surface area contributed by atoms with Crippen LogP contribution in [0.5, 0.6) is 5.75 Å². The molecule has 0 aliphatic carbocycles. The molecular weight excluding hydrogens is 426 g/mol. The summed E-state index contributed by atoms with van der Waals surface area (Å²) in [5.74, 6) is -0.745. The van der Waals surface area contributed by atoms with E-state index >= 15 is 0 Å². The molecular formula is C9H7I2O4-. The number of aliphatic carboxylic acids is 1. The monoisotopic (exact) mass is 433 g/mol. The fourth-order valence-corrected chi connectivity index (χ4v) is 3.18. The molecule has 0 aliphatic rings. The van der Waals surface area contributed by atoms with Crippen molar-refractivity contribution in [1.82, 2.24) is 0 Å². The zero-order valence-electron chi connectivity index (χ0n) is 7.50. The van der Waals surface area contributed by atoms with Crippen molar-refractivity contribution < 1.29 is 19.7 Å². The first-order valence-electron chi connectivity index (χ1n) is 3.96. The lowest BCUT2D eigenvalue weighted by Gasteiger charge is -2.11. The summed E-state index contributed by atoms with van der Waals surface area (Å²) < 4.78 is 6.61. The fraction of sp³-hybridized carbons (Fsp3) is 0.222. The molecule has 0 radical (unpaired) electrons. The average molecular weight is 433 g/mol. The van der Waals surface area contributed by atoms with E-state index in [2.05, 4.69) is 0 Å². The highest BCUT2D eigenvalue weighted by molar-refractivity contribution is 14.1. The van der Waals surface area contributed by atoms with Crippen LogP contribution in [0.2, 0.25) is 0 Å². The zero-order valence-corrected chi connectivity index (χ0v) is 11.8. The zero-order chi connectivity index (χ0) is 11.4. The number of carbonyl (C=O) groups is 1. The van der Waals surface area contributed by atoms with E-state index in [1.165, 1.54) is 0 Å². The van der Waals surface area contributed by atoms with Gasteiger partial charge >= 0.3 is 0 Å². The number of benzene rings is 1. The number of carboxylic acids is 1. The number of carbonyl (C=O) groups excluding carboxylic acids is 1. The van der Waals surface area contributed by atoms with Crippen LogP contribution in [0.4, 0.5) is 0 Å². The third kappa shape index (κ3) is 3.76. The van der Waals surface area contributed by atoms with Gasteiger partial charge < -0.3 is 19.7 Å². The summed E-state index contributed by atoms with van der Waals surface area (Å²) >= 11 is 4.05. The highest BCUT2D eigenvalue weighted by atomic mass is 127. The normalized spacial score (nSPS) is 10.1. The largest absolute Gasteiger partial charge is 0.546 e. The number of halogens is 2. The Kier molecular flexibility index (Phi) is 5.06. The molecule has 1 aromatic rings. The molecule has 15 heavy (non-hydrogen) atoms. The molecule has 0 bridgehead atoms. The van der Waals surface area contributed by atoms with Crippen LogP contribution in [0.3, 0.4) is 0 Å². The van der Waals surface area contributed by atoms with Gasteiger partial charge in [0.15, 0.2) is 0 Å². The number of aliphatic hydroxyl groups excluding tert-OH is 1. The molecule has 0 unspecified atom stereocenters. The van der Waals surface area contributed by atoms with E-state index in [4.69, 9.17) is 9.84 Å². The number of aliphatic hydroxyl groups is 1. The smallest absolute Gasteiger partial charge is 0.146 e. The Labute approximate surface area is 114 Å².